The lowest BCUT2D eigenvalue weighted by molar-refractivity contribution is 0.647. The molecule has 0 amide bonds. The van der Waals surface area contributed by atoms with Gasteiger partial charge in [0.15, 0.2) is 0 Å². The maximum absolute atomic E-state index is 3.12. The molecule has 0 aliphatic carbocycles. The van der Waals surface area contributed by atoms with Gasteiger partial charge in [-0.25, -0.2) is 0 Å². The predicted octanol–water partition coefficient (Wildman–Crippen LogP) is 4.28. The standard InChI is InChI=1S/C17H19/c1-14(2)12-16-8-10-17(11-9-16)13-15-6-4-3-5-7-15/h3-4,6-11,14H,12-13H2,1-2H3. The molecule has 0 heteroatoms. The van der Waals surface area contributed by atoms with Crippen molar-refractivity contribution in [2.24, 2.45) is 5.92 Å². The topological polar surface area (TPSA) is 0 Å². The van der Waals surface area contributed by atoms with Crippen LogP contribution in [0.2, 0.25) is 0 Å². The van der Waals surface area contributed by atoms with E-state index >= 15 is 0 Å². The van der Waals surface area contributed by atoms with Crippen LogP contribution in [0.25, 0.3) is 0 Å². The molecule has 0 aromatic heterocycles. The van der Waals surface area contributed by atoms with E-state index in [-0.39, 0.29) is 0 Å². The summed E-state index contributed by atoms with van der Waals surface area (Å²) in [5.41, 5.74) is 4.13. The fraction of sp³-hybridized carbons (Fsp3) is 0.294. The first-order chi connectivity index (χ1) is 8.24. The lowest BCUT2D eigenvalue weighted by Crippen LogP contribution is -1.94. The SMILES string of the molecule is CC(C)Cc1ccc(Cc2c[c]ccc2)cc1. The number of hydrogen-bond donors (Lipinski definition) is 0. The Labute approximate surface area is 104 Å². The van der Waals surface area contributed by atoms with Gasteiger partial charge in [-0.05, 0) is 41.5 Å². The second-order valence-corrected chi connectivity index (χ2v) is 5.00. The van der Waals surface area contributed by atoms with Gasteiger partial charge >= 0.3 is 0 Å². The van der Waals surface area contributed by atoms with Crippen LogP contribution < -0.4 is 0 Å². The van der Waals surface area contributed by atoms with Crippen molar-refractivity contribution in [3.05, 3.63) is 71.3 Å². The van der Waals surface area contributed by atoms with E-state index in [1.54, 1.807) is 0 Å². The second-order valence-electron chi connectivity index (χ2n) is 5.00. The van der Waals surface area contributed by atoms with Crippen molar-refractivity contribution in [1.82, 2.24) is 0 Å². The van der Waals surface area contributed by atoms with Gasteiger partial charge in [-0.2, -0.15) is 0 Å². The quantitative estimate of drug-likeness (QED) is 0.726. The molecule has 0 nitrogen and oxygen atoms in total. The molecule has 2 rings (SSSR count). The summed E-state index contributed by atoms with van der Waals surface area (Å²) in [6, 6.07) is 20.3. The van der Waals surface area contributed by atoms with Crippen LogP contribution in [0, 0.1) is 12.0 Å². The van der Waals surface area contributed by atoms with E-state index in [1.807, 2.05) is 12.1 Å². The largest absolute Gasteiger partial charge is 0.0625 e. The van der Waals surface area contributed by atoms with E-state index in [1.165, 1.54) is 23.1 Å². The lowest BCUT2D eigenvalue weighted by atomic mass is 9.99. The zero-order valence-electron chi connectivity index (χ0n) is 10.6. The maximum atomic E-state index is 3.12. The molecule has 0 N–H and O–H groups in total. The van der Waals surface area contributed by atoms with E-state index in [9.17, 15) is 0 Å². The number of benzene rings is 2. The Hall–Kier alpha value is -1.56. The predicted molar refractivity (Wildman–Crippen MR) is 73.1 cm³/mol. The Morgan fingerprint density at radius 1 is 0.941 bits per heavy atom. The fourth-order valence-electron chi connectivity index (χ4n) is 2.04. The van der Waals surface area contributed by atoms with Crippen molar-refractivity contribution in [3.8, 4) is 0 Å². The minimum atomic E-state index is 0.726. The highest BCUT2D eigenvalue weighted by Crippen LogP contribution is 2.13. The fourth-order valence-corrected chi connectivity index (χ4v) is 2.04. The highest BCUT2D eigenvalue weighted by Gasteiger charge is 1.99. The van der Waals surface area contributed by atoms with Crippen LogP contribution in [0.3, 0.4) is 0 Å². The number of rotatable bonds is 4. The minimum Gasteiger partial charge on any atom is -0.0625 e. The van der Waals surface area contributed by atoms with Gasteiger partial charge in [-0.15, -0.1) is 0 Å². The van der Waals surface area contributed by atoms with Crippen molar-refractivity contribution in [1.29, 1.82) is 0 Å². The third-order valence-corrected chi connectivity index (χ3v) is 2.85. The van der Waals surface area contributed by atoms with Crippen LogP contribution in [-0.4, -0.2) is 0 Å². The Bertz CT molecular complexity index is 437. The molecule has 2 aromatic rings. The third kappa shape index (κ3) is 3.74. The highest BCUT2D eigenvalue weighted by molar-refractivity contribution is 5.28. The summed E-state index contributed by atoms with van der Waals surface area (Å²) in [4.78, 5) is 0. The normalized spacial score (nSPS) is 10.8. The summed E-state index contributed by atoms with van der Waals surface area (Å²) in [6.07, 6.45) is 2.17. The van der Waals surface area contributed by atoms with Crippen LogP contribution in [0.4, 0.5) is 0 Å². The molecule has 0 fully saturated rings. The summed E-state index contributed by atoms with van der Waals surface area (Å²) < 4.78 is 0. The maximum Gasteiger partial charge on any atom is -0.00256 e. The Morgan fingerprint density at radius 3 is 2.24 bits per heavy atom. The summed E-state index contributed by atoms with van der Waals surface area (Å²) in [7, 11) is 0. The van der Waals surface area contributed by atoms with Crippen LogP contribution in [0.5, 0.6) is 0 Å². The van der Waals surface area contributed by atoms with E-state index in [2.05, 4.69) is 56.3 Å². The molecule has 0 heterocycles. The molecule has 2 aromatic carbocycles. The number of hydrogen-bond acceptors (Lipinski definition) is 0. The van der Waals surface area contributed by atoms with Crippen LogP contribution in [0.1, 0.15) is 30.5 Å². The van der Waals surface area contributed by atoms with Crippen molar-refractivity contribution in [2.75, 3.05) is 0 Å². The van der Waals surface area contributed by atoms with Gasteiger partial charge in [-0.1, -0.05) is 62.4 Å². The van der Waals surface area contributed by atoms with Gasteiger partial charge in [0.25, 0.3) is 0 Å². The molecule has 1 radical (unpaired) electrons. The first kappa shape index (κ1) is 11.9. The first-order valence-corrected chi connectivity index (χ1v) is 6.27. The smallest absolute Gasteiger partial charge is 0.00256 e. The lowest BCUT2D eigenvalue weighted by Gasteiger charge is -2.06. The van der Waals surface area contributed by atoms with Gasteiger partial charge in [0, 0.05) is 0 Å². The van der Waals surface area contributed by atoms with E-state index in [0.717, 1.165) is 12.3 Å². The first-order valence-electron chi connectivity index (χ1n) is 6.27. The third-order valence-electron chi connectivity index (χ3n) is 2.85. The van der Waals surface area contributed by atoms with Gasteiger partial charge in [-0.3, -0.25) is 0 Å². The van der Waals surface area contributed by atoms with Crippen LogP contribution in [0.15, 0.2) is 48.5 Å². The van der Waals surface area contributed by atoms with Gasteiger partial charge < -0.3 is 0 Å². The molecule has 0 bridgehead atoms. The molecule has 0 aliphatic rings. The Balaban J connectivity index is 2.03. The average molecular weight is 223 g/mol. The molecule has 0 spiro atoms. The zero-order valence-corrected chi connectivity index (χ0v) is 10.6. The van der Waals surface area contributed by atoms with Gasteiger partial charge in [0.05, 0.1) is 0 Å². The molecule has 0 aliphatic heterocycles. The van der Waals surface area contributed by atoms with Crippen molar-refractivity contribution in [3.63, 3.8) is 0 Å². The minimum absolute atomic E-state index is 0.726. The molecule has 0 saturated heterocycles. The van der Waals surface area contributed by atoms with E-state index < -0.39 is 0 Å². The molecule has 0 atom stereocenters. The Morgan fingerprint density at radius 2 is 1.65 bits per heavy atom. The monoisotopic (exact) mass is 223 g/mol. The van der Waals surface area contributed by atoms with Gasteiger partial charge in [0.2, 0.25) is 0 Å². The van der Waals surface area contributed by atoms with Crippen LogP contribution >= 0.6 is 0 Å². The molecule has 0 unspecified atom stereocenters. The summed E-state index contributed by atoms with van der Waals surface area (Å²) in [5.74, 6) is 0.726. The van der Waals surface area contributed by atoms with E-state index in [0.29, 0.717) is 0 Å². The summed E-state index contributed by atoms with van der Waals surface area (Å²) >= 11 is 0. The van der Waals surface area contributed by atoms with Crippen molar-refractivity contribution in [2.45, 2.75) is 26.7 Å². The summed E-state index contributed by atoms with van der Waals surface area (Å²) in [5, 5.41) is 0. The Kier molecular flexibility index (Phi) is 3.98. The van der Waals surface area contributed by atoms with Crippen LogP contribution in [-0.2, 0) is 12.8 Å². The van der Waals surface area contributed by atoms with Crippen molar-refractivity contribution >= 4 is 0 Å². The van der Waals surface area contributed by atoms with E-state index in [4.69, 9.17) is 0 Å². The zero-order chi connectivity index (χ0) is 12.1. The highest BCUT2D eigenvalue weighted by atomic mass is 14.0. The van der Waals surface area contributed by atoms with Crippen molar-refractivity contribution < 1.29 is 0 Å². The van der Waals surface area contributed by atoms with Gasteiger partial charge in [0.1, 0.15) is 0 Å². The molecule has 17 heavy (non-hydrogen) atoms. The summed E-state index contributed by atoms with van der Waals surface area (Å²) in [6.45, 7) is 4.52. The molecule has 0 saturated carbocycles. The molecule has 87 valence electrons. The second kappa shape index (κ2) is 5.67. The average Bonchev–Trinajstić information content (AvgIpc) is 2.32. The molecular formula is C17H19. The molecular weight excluding hydrogens is 204 g/mol.